The topological polar surface area (TPSA) is 86.5 Å². The summed E-state index contributed by atoms with van der Waals surface area (Å²) in [6.07, 6.45) is 2.50. The first-order valence-corrected chi connectivity index (χ1v) is 10.2. The lowest BCUT2D eigenvalue weighted by Gasteiger charge is -2.10. The molecule has 3 aromatic rings. The number of benzene rings is 1. The molecule has 7 nitrogen and oxygen atoms in total. The Morgan fingerprint density at radius 1 is 1.18 bits per heavy atom. The molecule has 146 valence electrons. The third-order valence-electron chi connectivity index (χ3n) is 4.32. The van der Waals surface area contributed by atoms with Crippen LogP contribution in [0.1, 0.15) is 33.7 Å². The molecule has 0 atom stereocenters. The minimum atomic E-state index is -0.440. The van der Waals surface area contributed by atoms with E-state index in [9.17, 15) is 9.59 Å². The maximum absolute atomic E-state index is 12.1. The van der Waals surface area contributed by atoms with Crippen LogP contribution in [0.4, 0.5) is 0 Å². The van der Waals surface area contributed by atoms with Crippen LogP contribution in [0, 0.1) is 13.8 Å². The molecular weight excluding hydrogens is 400 g/mol. The maximum atomic E-state index is 12.1. The normalized spacial score (nSPS) is 11.0. The van der Waals surface area contributed by atoms with Crippen molar-refractivity contribution in [2.45, 2.75) is 31.8 Å². The van der Waals surface area contributed by atoms with E-state index in [1.165, 1.54) is 11.8 Å². The molecule has 3 rings (SSSR count). The van der Waals surface area contributed by atoms with E-state index in [1.54, 1.807) is 28.8 Å². The predicted octanol–water partition coefficient (Wildman–Crippen LogP) is 3.48. The molecule has 0 saturated heterocycles. The van der Waals surface area contributed by atoms with E-state index in [0.29, 0.717) is 27.9 Å². The average molecular weight is 419 g/mol. The average Bonchev–Trinajstić information content (AvgIpc) is 3.09. The first-order valence-electron chi connectivity index (χ1n) is 8.60. The predicted molar refractivity (Wildman–Crippen MR) is 107 cm³/mol. The summed E-state index contributed by atoms with van der Waals surface area (Å²) in [5.41, 5.74) is 3.07. The number of carbonyl (C=O) groups excluding carboxylic acids is 2. The molecule has 0 aliphatic heterocycles. The van der Waals surface area contributed by atoms with Crippen molar-refractivity contribution >= 4 is 40.9 Å². The largest absolute Gasteiger partial charge is 0.457 e. The second kappa shape index (κ2) is 8.70. The van der Waals surface area contributed by atoms with Gasteiger partial charge in [0, 0.05) is 28.4 Å². The molecule has 0 saturated carbocycles. The Bertz CT molecular complexity index is 1030. The van der Waals surface area contributed by atoms with Crippen LogP contribution in [-0.4, -0.2) is 44.2 Å². The van der Waals surface area contributed by atoms with Gasteiger partial charge in [0.15, 0.2) is 12.4 Å². The lowest BCUT2D eigenvalue weighted by Crippen LogP contribution is -2.15. The van der Waals surface area contributed by atoms with E-state index in [0.717, 1.165) is 17.0 Å². The molecule has 0 bridgehead atoms. The van der Waals surface area contributed by atoms with Crippen molar-refractivity contribution < 1.29 is 14.3 Å². The van der Waals surface area contributed by atoms with E-state index >= 15 is 0 Å². The van der Waals surface area contributed by atoms with E-state index < -0.39 is 5.97 Å². The number of aryl methyl sites for hydroxylation is 2. The molecule has 0 amide bonds. The van der Waals surface area contributed by atoms with Crippen molar-refractivity contribution in [1.82, 2.24) is 19.6 Å². The monoisotopic (exact) mass is 418 g/mol. The van der Waals surface area contributed by atoms with Crippen molar-refractivity contribution in [1.29, 1.82) is 0 Å². The number of esters is 1. The summed E-state index contributed by atoms with van der Waals surface area (Å²) in [6.45, 7) is 3.51. The van der Waals surface area contributed by atoms with Crippen LogP contribution in [0.3, 0.4) is 0 Å². The Hall–Kier alpha value is -2.45. The summed E-state index contributed by atoms with van der Waals surface area (Å²) >= 11 is 7.25. The molecule has 0 aliphatic carbocycles. The van der Waals surface area contributed by atoms with Crippen molar-refractivity contribution in [2.24, 2.45) is 0 Å². The molecule has 28 heavy (non-hydrogen) atoms. The van der Waals surface area contributed by atoms with E-state index in [4.69, 9.17) is 16.3 Å². The van der Waals surface area contributed by atoms with Gasteiger partial charge in [-0.3, -0.25) is 9.59 Å². The smallest absolute Gasteiger partial charge is 0.306 e. The number of hydrogen-bond donors (Lipinski definition) is 0. The van der Waals surface area contributed by atoms with Gasteiger partial charge >= 0.3 is 5.97 Å². The Labute approximate surface area is 171 Å². The van der Waals surface area contributed by atoms with Crippen LogP contribution >= 0.6 is 23.4 Å². The number of fused-ring (bicyclic) bond motifs is 1. The van der Waals surface area contributed by atoms with Crippen molar-refractivity contribution in [3.05, 3.63) is 51.8 Å². The molecule has 0 spiro atoms. The second-order valence-electron chi connectivity index (χ2n) is 6.16. The molecule has 0 N–H and O–H groups in total. The molecule has 0 unspecified atom stereocenters. The summed E-state index contributed by atoms with van der Waals surface area (Å²) < 4.78 is 6.80. The minimum absolute atomic E-state index is 0.146. The second-order valence-corrected chi connectivity index (χ2v) is 7.37. The Kier molecular flexibility index (Phi) is 6.31. The highest BCUT2D eigenvalue weighted by Gasteiger charge is 2.16. The number of halogens is 1. The number of ether oxygens (including phenoxy) is 1. The SMILES string of the molecule is CSc1nc2nc(C)c(CCC(=O)OCC(=O)c3ccc(Cl)cc3)c(C)n2n1. The Balaban J connectivity index is 1.61. The zero-order valence-electron chi connectivity index (χ0n) is 15.7. The first-order chi connectivity index (χ1) is 13.4. The molecular formula is C19H19ClN4O3S. The number of thioether (sulfide) groups is 1. The number of ketones is 1. The third-order valence-corrected chi connectivity index (χ3v) is 5.11. The van der Waals surface area contributed by atoms with E-state index in [-0.39, 0.29) is 18.8 Å². The van der Waals surface area contributed by atoms with Gasteiger partial charge in [0.05, 0.1) is 0 Å². The number of rotatable bonds is 7. The van der Waals surface area contributed by atoms with Gasteiger partial charge in [-0.1, -0.05) is 23.4 Å². The van der Waals surface area contributed by atoms with Gasteiger partial charge in [0.25, 0.3) is 5.78 Å². The van der Waals surface area contributed by atoms with Crippen LogP contribution in [0.25, 0.3) is 5.78 Å². The number of nitrogens with zero attached hydrogens (tertiary/aromatic N) is 4. The summed E-state index contributed by atoms with van der Waals surface area (Å²) in [6, 6.07) is 6.45. The van der Waals surface area contributed by atoms with Crippen molar-refractivity contribution in [3.63, 3.8) is 0 Å². The van der Waals surface area contributed by atoms with Crippen LogP contribution in [0.2, 0.25) is 5.02 Å². The molecule has 9 heteroatoms. The fourth-order valence-electron chi connectivity index (χ4n) is 2.80. The van der Waals surface area contributed by atoms with Gasteiger partial charge in [0.2, 0.25) is 5.16 Å². The third kappa shape index (κ3) is 4.51. The van der Waals surface area contributed by atoms with Gasteiger partial charge in [-0.15, -0.1) is 5.10 Å². The van der Waals surface area contributed by atoms with Gasteiger partial charge < -0.3 is 4.74 Å². The lowest BCUT2D eigenvalue weighted by atomic mass is 10.1. The van der Waals surface area contributed by atoms with Crippen LogP contribution in [0.15, 0.2) is 29.4 Å². The Morgan fingerprint density at radius 3 is 2.57 bits per heavy atom. The highest BCUT2D eigenvalue weighted by atomic mass is 35.5. The summed E-state index contributed by atoms with van der Waals surface area (Å²) in [4.78, 5) is 33.0. The molecule has 0 aliphatic rings. The maximum Gasteiger partial charge on any atom is 0.306 e. The molecule has 2 aromatic heterocycles. The minimum Gasteiger partial charge on any atom is -0.457 e. The fourth-order valence-corrected chi connectivity index (χ4v) is 3.26. The van der Waals surface area contributed by atoms with Gasteiger partial charge in [-0.05, 0) is 56.4 Å². The molecule has 2 heterocycles. The lowest BCUT2D eigenvalue weighted by molar-refractivity contribution is -0.142. The Morgan fingerprint density at radius 2 is 1.89 bits per heavy atom. The van der Waals surface area contributed by atoms with Gasteiger partial charge in [0.1, 0.15) is 0 Å². The first kappa shape index (κ1) is 20.3. The zero-order chi connectivity index (χ0) is 20.3. The van der Waals surface area contributed by atoms with E-state index in [1.807, 2.05) is 20.1 Å². The number of carbonyl (C=O) groups is 2. The summed E-state index contributed by atoms with van der Waals surface area (Å²) in [5.74, 6) is -0.170. The molecule has 0 fully saturated rings. The highest BCUT2D eigenvalue weighted by molar-refractivity contribution is 7.98. The van der Waals surface area contributed by atoms with E-state index in [2.05, 4.69) is 15.1 Å². The number of aromatic nitrogens is 4. The van der Waals surface area contributed by atoms with Gasteiger partial charge in [-0.25, -0.2) is 9.50 Å². The summed E-state index contributed by atoms with van der Waals surface area (Å²) in [7, 11) is 0. The van der Waals surface area contributed by atoms with Crippen LogP contribution < -0.4 is 0 Å². The van der Waals surface area contributed by atoms with Gasteiger partial charge in [-0.2, -0.15) is 4.98 Å². The summed E-state index contributed by atoms with van der Waals surface area (Å²) in [5, 5.41) is 5.58. The number of Topliss-reactive ketones (excluding diaryl/α,β-unsaturated/α-hetero) is 1. The van der Waals surface area contributed by atoms with Crippen molar-refractivity contribution in [3.8, 4) is 0 Å². The number of hydrogen-bond acceptors (Lipinski definition) is 7. The zero-order valence-corrected chi connectivity index (χ0v) is 17.3. The van der Waals surface area contributed by atoms with Crippen molar-refractivity contribution in [2.75, 3.05) is 12.9 Å². The quantitative estimate of drug-likeness (QED) is 0.330. The van der Waals surface area contributed by atoms with Crippen LogP contribution in [-0.2, 0) is 16.0 Å². The standard InChI is InChI=1S/C19H19ClN4O3S/c1-11-15(12(2)24-18(21-11)22-19(23-24)28-3)8-9-17(26)27-10-16(25)13-4-6-14(20)7-5-13/h4-7H,8-10H2,1-3H3. The molecule has 1 aromatic carbocycles. The molecule has 0 radical (unpaired) electrons. The van der Waals surface area contributed by atoms with Crippen LogP contribution in [0.5, 0.6) is 0 Å². The fraction of sp³-hybridized carbons (Fsp3) is 0.316. The highest BCUT2D eigenvalue weighted by Crippen LogP contribution is 2.18.